The van der Waals surface area contributed by atoms with Crippen LogP contribution in [0.5, 0.6) is 5.75 Å². The highest BCUT2D eigenvalue weighted by atomic mass is 16.5. The Kier molecular flexibility index (Phi) is 4.90. The van der Waals surface area contributed by atoms with Gasteiger partial charge in [-0.1, -0.05) is 29.8 Å². The first-order valence-corrected chi connectivity index (χ1v) is 9.88. The standard InChI is InChI=1S/C22H26N4O3/c1-14-3-5-15(6-4-14)9-19(27)26-12-18(22(13-26)7-8-22)29-17-10-16(21(28)24-2)11-25-20(17)23/h3-6,10-11,18H,7-9,12-13H2,1-2H3,(H2,23,25)(H,24,28). The Morgan fingerprint density at radius 3 is 2.69 bits per heavy atom. The van der Waals surface area contributed by atoms with Crippen molar-refractivity contribution in [1.29, 1.82) is 0 Å². The number of rotatable bonds is 5. The van der Waals surface area contributed by atoms with Gasteiger partial charge in [0.1, 0.15) is 6.10 Å². The molecular formula is C22H26N4O3. The van der Waals surface area contributed by atoms with Gasteiger partial charge in [-0.05, 0) is 31.4 Å². The maximum atomic E-state index is 12.8. The van der Waals surface area contributed by atoms with Gasteiger partial charge in [0.05, 0.1) is 18.5 Å². The number of hydrogen-bond donors (Lipinski definition) is 2. The molecule has 1 saturated carbocycles. The van der Waals surface area contributed by atoms with Crippen molar-refractivity contribution in [3.63, 3.8) is 0 Å². The summed E-state index contributed by atoms with van der Waals surface area (Å²) in [6.45, 7) is 3.25. The van der Waals surface area contributed by atoms with Crippen molar-refractivity contribution >= 4 is 17.6 Å². The van der Waals surface area contributed by atoms with Crippen LogP contribution in [0.1, 0.15) is 34.3 Å². The molecule has 29 heavy (non-hydrogen) atoms. The van der Waals surface area contributed by atoms with Crippen LogP contribution in [0.2, 0.25) is 0 Å². The molecule has 2 heterocycles. The molecule has 2 aliphatic rings. The topological polar surface area (TPSA) is 97.6 Å². The maximum absolute atomic E-state index is 12.8. The Bertz CT molecular complexity index is 938. The molecule has 7 nitrogen and oxygen atoms in total. The second-order valence-corrected chi connectivity index (χ2v) is 8.09. The molecule has 1 aromatic carbocycles. The predicted molar refractivity (Wildman–Crippen MR) is 110 cm³/mol. The number of carbonyl (C=O) groups is 2. The number of pyridine rings is 1. The van der Waals surface area contributed by atoms with Crippen LogP contribution in [-0.4, -0.2) is 47.9 Å². The largest absolute Gasteiger partial charge is 0.484 e. The number of nitrogens with two attached hydrogens (primary N) is 1. The summed E-state index contributed by atoms with van der Waals surface area (Å²) in [5.74, 6) is 0.509. The van der Waals surface area contributed by atoms with Gasteiger partial charge in [-0.2, -0.15) is 0 Å². The van der Waals surface area contributed by atoms with Crippen LogP contribution in [-0.2, 0) is 11.2 Å². The van der Waals surface area contributed by atoms with Crippen molar-refractivity contribution in [3.05, 3.63) is 53.2 Å². The Labute approximate surface area is 170 Å². The van der Waals surface area contributed by atoms with E-state index in [0.717, 1.165) is 18.4 Å². The molecule has 1 saturated heterocycles. The van der Waals surface area contributed by atoms with Crippen LogP contribution in [0.15, 0.2) is 36.5 Å². The molecule has 4 rings (SSSR count). The summed E-state index contributed by atoms with van der Waals surface area (Å²) < 4.78 is 6.20. The van der Waals surface area contributed by atoms with Crippen LogP contribution in [0.4, 0.5) is 5.82 Å². The molecule has 0 radical (unpaired) electrons. The average molecular weight is 394 g/mol. The quantitative estimate of drug-likeness (QED) is 0.808. The van der Waals surface area contributed by atoms with Crippen LogP contribution >= 0.6 is 0 Å². The fourth-order valence-corrected chi connectivity index (χ4v) is 3.90. The van der Waals surface area contributed by atoms with Gasteiger partial charge >= 0.3 is 0 Å². The molecular weight excluding hydrogens is 368 g/mol. The first-order valence-electron chi connectivity index (χ1n) is 9.88. The fourth-order valence-electron chi connectivity index (χ4n) is 3.90. The zero-order chi connectivity index (χ0) is 20.6. The second kappa shape index (κ2) is 7.39. The highest BCUT2D eigenvalue weighted by Crippen LogP contribution is 2.54. The normalized spacial score (nSPS) is 19.2. The molecule has 2 fully saturated rings. The lowest BCUT2D eigenvalue weighted by Crippen LogP contribution is -2.32. The summed E-state index contributed by atoms with van der Waals surface area (Å²) in [5.41, 5.74) is 8.55. The molecule has 1 aliphatic carbocycles. The van der Waals surface area contributed by atoms with Gasteiger partial charge in [0.2, 0.25) is 5.91 Å². The number of carbonyl (C=O) groups excluding carboxylic acids is 2. The number of aryl methyl sites for hydroxylation is 1. The van der Waals surface area contributed by atoms with Gasteiger partial charge in [0.15, 0.2) is 11.6 Å². The van der Waals surface area contributed by atoms with Gasteiger partial charge < -0.3 is 20.7 Å². The predicted octanol–water partition coefficient (Wildman–Crippen LogP) is 1.94. The molecule has 2 amide bonds. The van der Waals surface area contributed by atoms with Crippen LogP contribution in [0, 0.1) is 12.3 Å². The zero-order valence-electron chi connectivity index (χ0n) is 16.8. The van der Waals surface area contributed by atoms with E-state index in [2.05, 4.69) is 10.3 Å². The van der Waals surface area contributed by atoms with E-state index in [9.17, 15) is 9.59 Å². The van der Waals surface area contributed by atoms with Gasteiger partial charge in [-0.15, -0.1) is 0 Å². The van der Waals surface area contributed by atoms with E-state index in [4.69, 9.17) is 10.5 Å². The summed E-state index contributed by atoms with van der Waals surface area (Å²) in [5, 5.41) is 2.57. The van der Waals surface area contributed by atoms with Crippen molar-refractivity contribution in [2.75, 3.05) is 25.9 Å². The van der Waals surface area contributed by atoms with Gasteiger partial charge in [-0.25, -0.2) is 4.98 Å². The molecule has 3 N–H and O–H groups in total. The molecule has 1 unspecified atom stereocenters. The first kappa shape index (κ1) is 19.2. The maximum Gasteiger partial charge on any atom is 0.252 e. The molecule has 1 atom stereocenters. The lowest BCUT2D eigenvalue weighted by atomic mass is 10.0. The van der Waals surface area contributed by atoms with Gasteiger partial charge in [-0.3, -0.25) is 9.59 Å². The minimum Gasteiger partial charge on any atom is -0.484 e. The van der Waals surface area contributed by atoms with E-state index in [-0.39, 0.29) is 29.2 Å². The monoisotopic (exact) mass is 394 g/mol. The third-order valence-corrected chi connectivity index (χ3v) is 5.94. The number of benzene rings is 1. The lowest BCUT2D eigenvalue weighted by Gasteiger charge is -2.20. The Morgan fingerprint density at radius 2 is 2.03 bits per heavy atom. The smallest absolute Gasteiger partial charge is 0.252 e. The zero-order valence-corrected chi connectivity index (χ0v) is 16.8. The molecule has 7 heteroatoms. The number of hydrogen-bond acceptors (Lipinski definition) is 5. The molecule has 1 aliphatic heterocycles. The fraction of sp³-hybridized carbons (Fsp3) is 0.409. The van der Waals surface area contributed by atoms with Crippen molar-refractivity contribution in [2.45, 2.75) is 32.3 Å². The minimum atomic E-state index is -0.246. The van der Waals surface area contributed by atoms with Crippen molar-refractivity contribution in [3.8, 4) is 5.75 Å². The Morgan fingerprint density at radius 1 is 1.31 bits per heavy atom. The number of likely N-dealkylation sites (tertiary alicyclic amines) is 1. The summed E-state index contributed by atoms with van der Waals surface area (Å²) in [6, 6.07) is 9.67. The number of aromatic nitrogens is 1. The van der Waals surface area contributed by atoms with Crippen molar-refractivity contribution in [2.24, 2.45) is 5.41 Å². The average Bonchev–Trinajstić information content (AvgIpc) is 3.40. The van der Waals surface area contributed by atoms with Crippen molar-refractivity contribution in [1.82, 2.24) is 15.2 Å². The second-order valence-electron chi connectivity index (χ2n) is 8.09. The summed E-state index contributed by atoms with van der Waals surface area (Å²) in [6.07, 6.45) is 3.72. The summed E-state index contributed by atoms with van der Waals surface area (Å²) >= 11 is 0. The number of nitrogens with zero attached hydrogens (tertiary/aromatic N) is 2. The van der Waals surface area contributed by atoms with Gasteiger partial charge in [0.25, 0.3) is 5.91 Å². The third-order valence-electron chi connectivity index (χ3n) is 5.94. The highest BCUT2D eigenvalue weighted by molar-refractivity contribution is 5.94. The Balaban J connectivity index is 1.46. The van der Waals surface area contributed by atoms with Crippen LogP contribution < -0.4 is 15.8 Å². The Hall–Kier alpha value is -3.09. The van der Waals surface area contributed by atoms with Crippen LogP contribution in [0.25, 0.3) is 0 Å². The van der Waals surface area contributed by atoms with E-state index >= 15 is 0 Å². The van der Waals surface area contributed by atoms with Crippen LogP contribution in [0.3, 0.4) is 0 Å². The van der Waals surface area contributed by atoms with E-state index in [0.29, 0.717) is 30.8 Å². The molecule has 1 aromatic heterocycles. The van der Waals surface area contributed by atoms with E-state index in [1.807, 2.05) is 36.1 Å². The molecule has 0 bridgehead atoms. The number of amides is 2. The molecule has 2 aromatic rings. The number of anilines is 1. The van der Waals surface area contributed by atoms with E-state index in [1.54, 1.807) is 13.1 Å². The summed E-state index contributed by atoms with van der Waals surface area (Å²) in [4.78, 5) is 30.7. The highest BCUT2D eigenvalue weighted by Gasteiger charge is 2.57. The van der Waals surface area contributed by atoms with E-state index < -0.39 is 0 Å². The van der Waals surface area contributed by atoms with E-state index in [1.165, 1.54) is 11.8 Å². The number of ether oxygens (including phenoxy) is 1. The SMILES string of the molecule is CNC(=O)c1cnc(N)c(OC2CN(C(=O)Cc3ccc(C)cc3)CC23CC3)c1. The molecule has 1 spiro atoms. The summed E-state index contributed by atoms with van der Waals surface area (Å²) in [7, 11) is 1.56. The first-order chi connectivity index (χ1) is 13.9. The van der Waals surface area contributed by atoms with Gasteiger partial charge in [0, 0.05) is 25.2 Å². The number of nitrogens with one attached hydrogen (secondary N) is 1. The third kappa shape index (κ3) is 3.90. The number of nitrogen functional groups attached to an aromatic ring is 1. The lowest BCUT2D eigenvalue weighted by molar-refractivity contribution is -0.129. The van der Waals surface area contributed by atoms with Crippen molar-refractivity contribution < 1.29 is 14.3 Å². The minimum absolute atomic E-state index is 0.0155. The molecule has 152 valence electrons.